The molecule has 4 nitrogen and oxygen atoms in total. The summed E-state index contributed by atoms with van der Waals surface area (Å²) in [6, 6.07) is 23.9. The van der Waals surface area contributed by atoms with E-state index < -0.39 is 10.8 Å². The van der Waals surface area contributed by atoms with Crippen LogP contribution < -0.4 is 0 Å². The van der Waals surface area contributed by atoms with Gasteiger partial charge in [0.2, 0.25) is 0 Å². The van der Waals surface area contributed by atoms with Crippen molar-refractivity contribution >= 4 is 33.2 Å². The highest BCUT2D eigenvalue weighted by molar-refractivity contribution is 7.84. The van der Waals surface area contributed by atoms with Gasteiger partial charge in [0, 0.05) is 23.0 Å². The van der Waals surface area contributed by atoms with Crippen LogP contribution >= 0.6 is 0 Å². The van der Waals surface area contributed by atoms with Gasteiger partial charge in [0.1, 0.15) is 5.75 Å². The van der Waals surface area contributed by atoms with Gasteiger partial charge in [0.05, 0.1) is 12.3 Å². The van der Waals surface area contributed by atoms with Crippen molar-refractivity contribution in [3.05, 3.63) is 83.9 Å². The summed E-state index contributed by atoms with van der Waals surface area (Å²) >= 11 is 0. The number of hydrogen-bond acceptors (Lipinski definition) is 3. The van der Waals surface area contributed by atoms with E-state index in [0.717, 1.165) is 34.0 Å². The van der Waals surface area contributed by atoms with Gasteiger partial charge in [-0.1, -0.05) is 72.8 Å². The number of hydrazone groups is 1. The molecule has 0 spiro atoms. The fraction of sp³-hybridized carbons (Fsp3) is 0.182. The molecule has 3 aromatic carbocycles. The third-order valence-corrected chi connectivity index (χ3v) is 5.88. The van der Waals surface area contributed by atoms with Gasteiger partial charge in [-0.25, -0.2) is 5.01 Å². The highest BCUT2D eigenvalue weighted by Gasteiger charge is 2.23. The third kappa shape index (κ3) is 3.98. The van der Waals surface area contributed by atoms with Crippen LogP contribution in [0.5, 0.6) is 0 Å². The van der Waals surface area contributed by atoms with Crippen molar-refractivity contribution in [1.82, 2.24) is 5.01 Å². The third-order valence-electron chi connectivity index (χ3n) is 4.68. The van der Waals surface area contributed by atoms with E-state index in [9.17, 15) is 9.00 Å². The summed E-state index contributed by atoms with van der Waals surface area (Å²) in [5.41, 5.74) is 2.95. The van der Waals surface area contributed by atoms with Crippen LogP contribution in [-0.2, 0) is 21.3 Å². The molecule has 4 rings (SSSR count). The summed E-state index contributed by atoms with van der Waals surface area (Å²) in [5.74, 6) is 0.185. The first-order valence-corrected chi connectivity index (χ1v) is 10.4. The standard InChI is InChI=1S/C22H20N2O2S/c25-22(24-14-13-21(23-24)18-8-2-1-3-9-18)16-27(26)15-19-11-6-10-17-7-4-5-12-20(17)19/h1-12H,13-16H2/t27-/m0/s1. The molecule has 1 aliphatic rings. The Labute approximate surface area is 161 Å². The van der Waals surface area contributed by atoms with Gasteiger partial charge in [-0.15, -0.1) is 0 Å². The molecule has 1 heterocycles. The first-order chi connectivity index (χ1) is 13.2. The van der Waals surface area contributed by atoms with E-state index in [1.165, 1.54) is 5.01 Å². The molecule has 1 atom stereocenters. The zero-order valence-electron chi connectivity index (χ0n) is 14.9. The SMILES string of the molecule is O=C(C[S@@](=O)Cc1cccc2ccccc12)N1CCC(c2ccccc2)=N1. The molecule has 0 radical (unpaired) electrons. The van der Waals surface area contributed by atoms with Crippen molar-refractivity contribution < 1.29 is 9.00 Å². The van der Waals surface area contributed by atoms with Crippen molar-refractivity contribution in [3.8, 4) is 0 Å². The first kappa shape index (κ1) is 17.6. The lowest BCUT2D eigenvalue weighted by Crippen LogP contribution is -2.28. The van der Waals surface area contributed by atoms with Crippen molar-refractivity contribution in [2.45, 2.75) is 12.2 Å². The lowest BCUT2D eigenvalue weighted by atomic mass is 10.1. The van der Waals surface area contributed by atoms with Gasteiger partial charge in [-0.05, 0) is 21.9 Å². The predicted molar refractivity (Wildman–Crippen MR) is 110 cm³/mol. The quantitative estimate of drug-likeness (QED) is 0.681. The number of nitrogens with zero attached hydrogens (tertiary/aromatic N) is 2. The fourth-order valence-electron chi connectivity index (χ4n) is 3.33. The lowest BCUT2D eigenvalue weighted by Gasteiger charge is -2.11. The Balaban J connectivity index is 1.42. The van der Waals surface area contributed by atoms with E-state index in [2.05, 4.69) is 5.10 Å². The van der Waals surface area contributed by atoms with Crippen molar-refractivity contribution in [2.75, 3.05) is 12.3 Å². The Hall–Kier alpha value is -2.79. The van der Waals surface area contributed by atoms with Crippen molar-refractivity contribution in [1.29, 1.82) is 0 Å². The molecule has 136 valence electrons. The normalized spacial score (nSPS) is 15.0. The van der Waals surface area contributed by atoms with Gasteiger partial charge in [-0.2, -0.15) is 5.10 Å². The van der Waals surface area contributed by atoms with Crippen LogP contribution in [0.15, 0.2) is 77.9 Å². The lowest BCUT2D eigenvalue weighted by molar-refractivity contribution is -0.127. The summed E-state index contributed by atoms with van der Waals surface area (Å²) in [7, 11) is -1.27. The molecule has 0 saturated heterocycles. The molecule has 1 aliphatic heterocycles. The molecule has 0 N–H and O–H groups in total. The van der Waals surface area contributed by atoms with Gasteiger partial charge >= 0.3 is 0 Å². The minimum Gasteiger partial charge on any atom is -0.272 e. The zero-order chi connectivity index (χ0) is 18.6. The second-order valence-electron chi connectivity index (χ2n) is 6.55. The smallest absolute Gasteiger partial charge is 0.255 e. The maximum Gasteiger partial charge on any atom is 0.255 e. The van der Waals surface area contributed by atoms with E-state index in [1.807, 2.05) is 72.8 Å². The predicted octanol–water partition coefficient (Wildman–Crippen LogP) is 3.73. The number of carbonyl (C=O) groups is 1. The number of fused-ring (bicyclic) bond motifs is 1. The molecular formula is C22H20N2O2S. The average Bonchev–Trinajstić information content (AvgIpc) is 3.19. The van der Waals surface area contributed by atoms with Gasteiger partial charge in [-0.3, -0.25) is 9.00 Å². The maximum absolute atomic E-state index is 12.6. The summed E-state index contributed by atoms with van der Waals surface area (Å²) < 4.78 is 12.6. The van der Waals surface area contributed by atoms with E-state index in [-0.39, 0.29) is 11.7 Å². The van der Waals surface area contributed by atoms with Crippen LogP contribution in [0, 0.1) is 0 Å². The molecule has 0 unspecified atom stereocenters. The van der Waals surface area contributed by atoms with Gasteiger partial charge in [0.15, 0.2) is 0 Å². The summed E-state index contributed by atoms with van der Waals surface area (Å²) in [6.07, 6.45) is 0.728. The first-order valence-electron chi connectivity index (χ1n) is 8.95. The van der Waals surface area contributed by atoms with Gasteiger partial charge < -0.3 is 0 Å². The molecule has 1 amide bonds. The van der Waals surface area contributed by atoms with Crippen LogP contribution in [0.2, 0.25) is 0 Å². The molecule has 0 fully saturated rings. The zero-order valence-corrected chi connectivity index (χ0v) is 15.7. The van der Waals surface area contributed by atoms with Gasteiger partial charge in [0.25, 0.3) is 5.91 Å². The Kier molecular flexibility index (Phi) is 5.12. The number of rotatable bonds is 5. The Morgan fingerprint density at radius 3 is 2.56 bits per heavy atom. The number of carbonyl (C=O) groups excluding carboxylic acids is 1. The second kappa shape index (κ2) is 7.84. The summed E-state index contributed by atoms with van der Waals surface area (Å²) in [5, 5.41) is 8.11. The fourth-order valence-corrected chi connectivity index (χ4v) is 4.45. The summed E-state index contributed by atoms with van der Waals surface area (Å²) in [4.78, 5) is 12.5. The molecular weight excluding hydrogens is 356 g/mol. The topological polar surface area (TPSA) is 49.7 Å². The number of amides is 1. The highest BCUT2D eigenvalue weighted by atomic mass is 32.2. The van der Waals surface area contributed by atoms with E-state index in [0.29, 0.717) is 12.3 Å². The molecule has 0 aliphatic carbocycles. The molecule has 0 bridgehead atoms. The number of benzene rings is 3. The summed E-state index contributed by atoms with van der Waals surface area (Å²) in [6.45, 7) is 0.550. The minimum absolute atomic E-state index is 0.00517. The minimum atomic E-state index is -1.27. The molecule has 0 saturated carbocycles. The van der Waals surface area contributed by atoms with Crippen LogP contribution in [0.4, 0.5) is 0 Å². The molecule has 27 heavy (non-hydrogen) atoms. The van der Waals surface area contributed by atoms with E-state index in [1.54, 1.807) is 0 Å². The van der Waals surface area contributed by atoms with Crippen molar-refractivity contribution in [3.63, 3.8) is 0 Å². The maximum atomic E-state index is 12.6. The molecule has 3 aromatic rings. The number of hydrogen-bond donors (Lipinski definition) is 0. The van der Waals surface area contributed by atoms with Crippen molar-refractivity contribution in [2.24, 2.45) is 5.10 Å². The highest BCUT2D eigenvalue weighted by Crippen LogP contribution is 2.20. The monoisotopic (exact) mass is 376 g/mol. The van der Waals surface area contributed by atoms with E-state index in [4.69, 9.17) is 0 Å². The second-order valence-corrected chi connectivity index (χ2v) is 8.00. The largest absolute Gasteiger partial charge is 0.272 e. The van der Waals surface area contributed by atoms with Crippen LogP contribution in [0.25, 0.3) is 10.8 Å². The average molecular weight is 376 g/mol. The molecule has 5 heteroatoms. The Morgan fingerprint density at radius 1 is 0.963 bits per heavy atom. The van der Waals surface area contributed by atoms with Crippen LogP contribution in [-0.4, -0.2) is 33.1 Å². The van der Waals surface area contributed by atoms with E-state index >= 15 is 0 Å². The molecule has 0 aromatic heterocycles. The van der Waals surface area contributed by atoms with Crippen LogP contribution in [0.3, 0.4) is 0 Å². The Morgan fingerprint density at radius 2 is 1.70 bits per heavy atom. The Bertz CT molecular complexity index is 1030. The van der Waals surface area contributed by atoms with Crippen LogP contribution in [0.1, 0.15) is 17.5 Å².